The number of nitrogens with zero attached hydrogens (tertiary/aromatic N) is 3. The summed E-state index contributed by atoms with van der Waals surface area (Å²) in [5, 5.41) is 10.8. The maximum atomic E-state index is 12.5. The van der Waals surface area contributed by atoms with Crippen molar-refractivity contribution >= 4 is 6.03 Å². The van der Waals surface area contributed by atoms with Crippen LogP contribution in [0.4, 0.5) is 4.79 Å². The van der Waals surface area contributed by atoms with Crippen LogP contribution in [0.3, 0.4) is 0 Å². The van der Waals surface area contributed by atoms with Gasteiger partial charge in [-0.05, 0) is 63.1 Å². The summed E-state index contributed by atoms with van der Waals surface area (Å²) in [7, 11) is 3.27. The van der Waals surface area contributed by atoms with Crippen LogP contribution in [0.25, 0.3) is 22.6 Å². The molecule has 8 heteroatoms. The van der Waals surface area contributed by atoms with Crippen LogP contribution < -0.4 is 9.47 Å². The van der Waals surface area contributed by atoms with E-state index < -0.39 is 0 Å². The third-order valence-electron chi connectivity index (χ3n) is 6.14. The van der Waals surface area contributed by atoms with E-state index in [1.54, 1.807) is 33.0 Å². The van der Waals surface area contributed by atoms with Gasteiger partial charge in [-0.2, -0.15) is 0 Å². The lowest BCUT2D eigenvalue weighted by Gasteiger charge is -2.33. The Morgan fingerprint density at radius 1 is 1.06 bits per heavy atom. The Kier molecular flexibility index (Phi) is 7.07. The molecule has 8 nitrogen and oxygen atoms in total. The van der Waals surface area contributed by atoms with Crippen molar-refractivity contribution < 1.29 is 23.9 Å². The summed E-state index contributed by atoms with van der Waals surface area (Å²) >= 11 is 0. The molecule has 2 amide bonds. The van der Waals surface area contributed by atoms with E-state index in [9.17, 15) is 10.0 Å². The van der Waals surface area contributed by atoms with Crippen molar-refractivity contribution in [3.05, 3.63) is 54.4 Å². The Hall–Kier alpha value is -3.52. The van der Waals surface area contributed by atoms with Gasteiger partial charge in [-0.3, -0.25) is 5.21 Å². The highest BCUT2D eigenvalue weighted by atomic mass is 16.5. The van der Waals surface area contributed by atoms with Gasteiger partial charge in [0, 0.05) is 30.1 Å². The molecule has 1 N–H and O–H groups in total. The van der Waals surface area contributed by atoms with E-state index in [0.717, 1.165) is 33.4 Å². The number of oxazole rings is 1. The number of carbonyl (C=O) groups excluding carboxylic acids is 1. The maximum Gasteiger partial charge on any atom is 0.343 e. The lowest BCUT2D eigenvalue weighted by atomic mass is 9.97. The van der Waals surface area contributed by atoms with Crippen LogP contribution in [-0.4, -0.2) is 59.5 Å². The van der Waals surface area contributed by atoms with E-state index in [0.29, 0.717) is 37.6 Å². The number of amides is 2. The first-order valence-corrected chi connectivity index (χ1v) is 11.5. The van der Waals surface area contributed by atoms with Crippen LogP contribution in [0, 0.1) is 0 Å². The van der Waals surface area contributed by atoms with Crippen LogP contribution in [0.15, 0.2) is 52.9 Å². The van der Waals surface area contributed by atoms with Crippen molar-refractivity contribution in [2.24, 2.45) is 0 Å². The molecule has 0 radical (unpaired) electrons. The van der Waals surface area contributed by atoms with Crippen molar-refractivity contribution in [2.75, 3.05) is 27.3 Å². The van der Waals surface area contributed by atoms with E-state index in [2.05, 4.69) is 0 Å². The fourth-order valence-electron chi connectivity index (χ4n) is 4.10. The molecule has 3 aromatic rings. The number of urea groups is 1. The second kappa shape index (κ2) is 10.2. The maximum absolute atomic E-state index is 12.5. The zero-order chi connectivity index (χ0) is 24.2. The first-order chi connectivity index (χ1) is 16.4. The molecule has 2 heterocycles. The highest BCUT2D eigenvalue weighted by molar-refractivity contribution is 5.78. The van der Waals surface area contributed by atoms with Gasteiger partial charge >= 0.3 is 6.03 Å². The minimum Gasteiger partial charge on any atom is -0.497 e. The van der Waals surface area contributed by atoms with Crippen LogP contribution >= 0.6 is 0 Å². The summed E-state index contributed by atoms with van der Waals surface area (Å²) in [6.07, 6.45) is 1.41. The van der Waals surface area contributed by atoms with E-state index >= 15 is 0 Å². The third kappa shape index (κ3) is 4.87. The lowest BCUT2D eigenvalue weighted by Crippen LogP contribution is -2.47. The summed E-state index contributed by atoms with van der Waals surface area (Å²) < 4.78 is 17.1. The summed E-state index contributed by atoms with van der Waals surface area (Å²) in [5.41, 5.74) is 2.56. The average molecular weight is 466 g/mol. The molecular formula is C26H31N3O5. The number of aromatic nitrogens is 1. The Bertz CT molecular complexity index is 1120. The van der Waals surface area contributed by atoms with Gasteiger partial charge in [-0.25, -0.2) is 14.8 Å². The van der Waals surface area contributed by atoms with Crippen molar-refractivity contribution in [3.8, 4) is 34.1 Å². The number of rotatable bonds is 6. The Labute approximate surface area is 199 Å². The van der Waals surface area contributed by atoms with Crippen LogP contribution in [-0.2, 0) is 0 Å². The predicted molar refractivity (Wildman–Crippen MR) is 128 cm³/mol. The predicted octanol–water partition coefficient (Wildman–Crippen LogP) is 5.42. The molecule has 0 atom stereocenters. The molecule has 0 bridgehead atoms. The molecule has 4 rings (SSSR count). The molecule has 1 fully saturated rings. The highest BCUT2D eigenvalue weighted by Crippen LogP contribution is 2.38. The monoisotopic (exact) mass is 465 g/mol. The standard InChI is InChI=1S/C26H31N3O5/c1-17(2)29(31)26(30)28-14-12-19(13-15-28)25-27-23(18-8-10-21(32-3)11-9-18)24(34-25)20-6-5-7-22(16-20)33-4/h5-11,16-17,19,31H,12-15H2,1-4H3. The van der Waals surface area contributed by atoms with Crippen molar-refractivity contribution in [2.45, 2.75) is 38.6 Å². The smallest absolute Gasteiger partial charge is 0.343 e. The van der Waals surface area contributed by atoms with Crippen molar-refractivity contribution in [1.29, 1.82) is 0 Å². The molecule has 0 aliphatic carbocycles. The van der Waals surface area contributed by atoms with Gasteiger partial charge in [0.2, 0.25) is 0 Å². The van der Waals surface area contributed by atoms with Crippen molar-refractivity contribution in [1.82, 2.24) is 14.9 Å². The minimum absolute atomic E-state index is 0.0756. The summed E-state index contributed by atoms with van der Waals surface area (Å²) in [6, 6.07) is 14.8. The second-order valence-corrected chi connectivity index (χ2v) is 8.67. The van der Waals surface area contributed by atoms with E-state index in [1.807, 2.05) is 48.5 Å². The zero-order valence-corrected chi connectivity index (χ0v) is 20.0. The summed E-state index contributed by atoms with van der Waals surface area (Å²) in [4.78, 5) is 19.1. The average Bonchev–Trinajstić information content (AvgIpc) is 3.33. The molecule has 34 heavy (non-hydrogen) atoms. The highest BCUT2D eigenvalue weighted by Gasteiger charge is 2.31. The Balaban J connectivity index is 1.62. The molecule has 0 unspecified atom stereocenters. The zero-order valence-electron chi connectivity index (χ0n) is 20.0. The number of hydrogen-bond acceptors (Lipinski definition) is 6. The number of likely N-dealkylation sites (tertiary alicyclic amines) is 1. The van der Waals surface area contributed by atoms with Crippen LogP contribution in [0.2, 0.25) is 0 Å². The molecule has 0 spiro atoms. The fraction of sp³-hybridized carbons (Fsp3) is 0.385. The van der Waals surface area contributed by atoms with E-state index in [-0.39, 0.29) is 18.0 Å². The molecule has 1 aliphatic heterocycles. The minimum atomic E-state index is -0.364. The molecule has 1 saturated heterocycles. The number of piperidine rings is 1. The topological polar surface area (TPSA) is 88.3 Å². The van der Waals surface area contributed by atoms with E-state index in [4.69, 9.17) is 18.9 Å². The Morgan fingerprint density at radius 2 is 1.74 bits per heavy atom. The third-order valence-corrected chi connectivity index (χ3v) is 6.14. The number of benzene rings is 2. The SMILES string of the molecule is COc1ccc(-c2nc(C3CCN(C(=O)N(O)C(C)C)CC3)oc2-c2cccc(OC)c2)cc1. The van der Waals surface area contributed by atoms with Gasteiger partial charge in [0.05, 0.1) is 20.3 Å². The van der Waals surface area contributed by atoms with E-state index in [1.165, 1.54) is 0 Å². The molecule has 1 aromatic heterocycles. The quantitative estimate of drug-likeness (QED) is 0.386. The van der Waals surface area contributed by atoms with Crippen molar-refractivity contribution in [3.63, 3.8) is 0 Å². The van der Waals surface area contributed by atoms with Gasteiger partial charge < -0.3 is 18.8 Å². The number of hydrogen-bond donors (Lipinski definition) is 1. The molecular weight excluding hydrogens is 434 g/mol. The van der Waals surface area contributed by atoms with Gasteiger partial charge in [-0.15, -0.1) is 0 Å². The normalized spacial score (nSPS) is 14.4. The Morgan fingerprint density at radius 3 is 2.35 bits per heavy atom. The molecule has 180 valence electrons. The first-order valence-electron chi connectivity index (χ1n) is 11.5. The van der Waals surface area contributed by atoms with Crippen LogP contribution in [0.5, 0.6) is 11.5 Å². The van der Waals surface area contributed by atoms with Gasteiger partial charge in [0.15, 0.2) is 11.7 Å². The summed E-state index contributed by atoms with van der Waals surface area (Å²) in [5.74, 6) is 2.92. The largest absolute Gasteiger partial charge is 0.497 e. The number of methoxy groups -OCH3 is 2. The molecule has 1 aliphatic rings. The van der Waals surface area contributed by atoms with Gasteiger partial charge in [0.25, 0.3) is 0 Å². The summed E-state index contributed by atoms with van der Waals surface area (Å²) in [6.45, 7) is 4.61. The van der Waals surface area contributed by atoms with Crippen LogP contribution in [0.1, 0.15) is 38.5 Å². The first kappa shape index (κ1) is 23.6. The van der Waals surface area contributed by atoms with Gasteiger partial charge in [-0.1, -0.05) is 12.1 Å². The lowest BCUT2D eigenvalue weighted by molar-refractivity contribution is -0.0815. The fourth-order valence-corrected chi connectivity index (χ4v) is 4.10. The number of ether oxygens (including phenoxy) is 2. The van der Waals surface area contributed by atoms with Gasteiger partial charge in [0.1, 0.15) is 17.2 Å². The number of carbonyl (C=O) groups is 1. The molecule has 2 aromatic carbocycles. The number of hydroxylamine groups is 2. The molecule has 0 saturated carbocycles. The second-order valence-electron chi connectivity index (χ2n) is 8.67.